The van der Waals surface area contributed by atoms with Crippen LogP contribution in [0.3, 0.4) is 0 Å². The van der Waals surface area contributed by atoms with Crippen molar-refractivity contribution in [2.45, 2.75) is 88.6 Å². The molecule has 0 amide bonds. The Morgan fingerprint density at radius 2 is 1.80 bits per heavy atom. The minimum Gasteiger partial charge on any atom is -0.431 e. The van der Waals surface area contributed by atoms with Gasteiger partial charge in [-0.25, -0.2) is 4.79 Å². The van der Waals surface area contributed by atoms with Gasteiger partial charge in [-0.15, -0.1) is 0 Å². The molecule has 4 fully saturated rings. The van der Waals surface area contributed by atoms with Crippen LogP contribution in [0.4, 0.5) is 0 Å². The zero-order chi connectivity index (χ0) is 21.5. The molecular formula is C24H34O6. The van der Waals surface area contributed by atoms with Gasteiger partial charge in [0.05, 0.1) is 30.2 Å². The van der Waals surface area contributed by atoms with Crippen molar-refractivity contribution in [2.24, 2.45) is 28.6 Å². The van der Waals surface area contributed by atoms with Crippen LogP contribution >= 0.6 is 0 Å². The van der Waals surface area contributed by atoms with Crippen molar-refractivity contribution in [3.05, 3.63) is 34.4 Å². The quantitative estimate of drug-likeness (QED) is 0.556. The number of hydrogen-bond acceptors (Lipinski definition) is 6. The molecule has 0 radical (unpaired) electrons. The summed E-state index contributed by atoms with van der Waals surface area (Å²) in [5.41, 5.74) is -1.55. The second-order valence-electron chi connectivity index (χ2n) is 11.0. The number of rotatable bonds is 1. The monoisotopic (exact) mass is 418 g/mol. The topological polar surface area (TPSA) is 111 Å². The Hall–Kier alpha value is -1.21. The molecule has 4 aliphatic carbocycles. The van der Waals surface area contributed by atoms with Crippen molar-refractivity contribution in [1.29, 1.82) is 0 Å². The fourth-order valence-corrected chi connectivity index (χ4v) is 8.44. The zero-order valence-electron chi connectivity index (χ0n) is 17.8. The van der Waals surface area contributed by atoms with Gasteiger partial charge in [-0.2, -0.15) is 0 Å². The molecule has 1 aromatic rings. The fourth-order valence-electron chi connectivity index (χ4n) is 8.44. The highest BCUT2D eigenvalue weighted by atomic mass is 16.4. The minimum atomic E-state index is -1.04. The molecule has 0 aliphatic heterocycles. The normalized spacial score (nSPS) is 52.9. The van der Waals surface area contributed by atoms with E-state index in [9.17, 15) is 25.2 Å². The van der Waals surface area contributed by atoms with E-state index in [2.05, 4.69) is 13.8 Å². The Morgan fingerprint density at radius 1 is 1.03 bits per heavy atom. The van der Waals surface area contributed by atoms with Crippen LogP contribution in [0.25, 0.3) is 0 Å². The van der Waals surface area contributed by atoms with E-state index >= 15 is 0 Å². The molecule has 1 heterocycles. The first-order valence-electron chi connectivity index (χ1n) is 11.5. The summed E-state index contributed by atoms with van der Waals surface area (Å²) in [7, 11) is 0. The van der Waals surface area contributed by atoms with E-state index in [4.69, 9.17) is 4.42 Å². The highest BCUT2D eigenvalue weighted by Crippen LogP contribution is 2.70. The summed E-state index contributed by atoms with van der Waals surface area (Å²) in [5, 5.41) is 44.5. The predicted octanol–water partition coefficient (Wildman–Crippen LogP) is 2.18. The van der Waals surface area contributed by atoms with Gasteiger partial charge in [0.15, 0.2) is 0 Å². The van der Waals surface area contributed by atoms with Crippen LogP contribution in [0.15, 0.2) is 27.6 Å². The first-order chi connectivity index (χ1) is 14.1. The van der Waals surface area contributed by atoms with Gasteiger partial charge in [-0.05, 0) is 73.3 Å². The molecule has 6 nitrogen and oxygen atoms in total. The van der Waals surface area contributed by atoms with Crippen molar-refractivity contribution in [2.75, 3.05) is 0 Å². The molecule has 4 saturated carbocycles. The van der Waals surface area contributed by atoms with Gasteiger partial charge in [0, 0.05) is 23.8 Å². The maximum Gasteiger partial charge on any atom is 0.335 e. The number of aliphatic hydroxyl groups is 4. The van der Waals surface area contributed by atoms with E-state index in [0.717, 1.165) is 37.7 Å². The van der Waals surface area contributed by atoms with E-state index < -0.39 is 35.0 Å². The molecule has 166 valence electrons. The SMILES string of the molecule is C[C@]12[C@H](CC[C@@H]3[C@@H]1CC[C@]1(C)[C@@H](c4ccc(=O)oc4)[C@@H](O)C[C@]31O)C[C@@H](O)C[C@H]2O. The molecule has 10 atom stereocenters. The highest BCUT2D eigenvalue weighted by Gasteiger charge is 2.70. The molecule has 0 unspecified atom stereocenters. The van der Waals surface area contributed by atoms with Crippen molar-refractivity contribution in [1.82, 2.24) is 0 Å². The van der Waals surface area contributed by atoms with Crippen LogP contribution in [-0.4, -0.2) is 44.3 Å². The van der Waals surface area contributed by atoms with E-state index in [0.29, 0.717) is 12.8 Å². The van der Waals surface area contributed by atoms with Crippen LogP contribution in [0.1, 0.15) is 70.3 Å². The zero-order valence-corrected chi connectivity index (χ0v) is 17.8. The second-order valence-corrected chi connectivity index (χ2v) is 11.0. The Kier molecular flexibility index (Phi) is 4.58. The lowest BCUT2D eigenvalue weighted by Crippen LogP contribution is -2.64. The first kappa shape index (κ1) is 20.7. The molecule has 4 aliphatic rings. The molecule has 0 aromatic carbocycles. The summed E-state index contributed by atoms with van der Waals surface area (Å²) in [6.07, 6.45) is 4.47. The lowest BCUT2D eigenvalue weighted by atomic mass is 9.42. The average Bonchev–Trinajstić information content (AvgIpc) is 2.89. The lowest BCUT2D eigenvalue weighted by Gasteiger charge is -2.64. The summed E-state index contributed by atoms with van der Waals surface area (Å²) >= 11 is 0. The first-order valence-corrected chi connectivity index (χ1v) is 11.5. The van der Waals surface area contributed by atoms with E-state index in [1.165, 1.54) is 12.3 Å². The lowest BCUT2D eigenvalue weighted by molar-refractivity contribution is -0.229. The minimum absolute atomic E-state index is 0.00207. The van der Waals surface area contributed by atoms with Gasteiger partial charge >= 0.3 is 5.63 Å². The molecule has 6 heteroatoms. The highest BCUT2D eigenvalue weighted by molar-refractivity contribution is 5.29. The maximum atomic E-state index is 12.2. The van der Waals surface area contributed by atoms with Gasteiger partial charge in [-0.1, -0.05) is 13.8 Å². The van der Waals surface area contributed by atoms with Gasteiger partial charge in [0.1, 0.15) is 0 Å². The Bertz CT molecular complexity index is 862. The third-order valence-electron chi connectivity index (χ3n) is 10.0. The van der Waals surface area contributed by atoms with Crippen molar-refractivity contribution in [3.8, 4) is 0 Å². The van der Waals surface area contributed by atoms with Crippen LogP contribution in [0, 0.1) is 28.6 Å². The van der Waals surface area contributed by atoms with E-state index in [-0.39, 0.29) is 29.1 Å². The van der Waals surface area contributed by atoms with Gasteiger partial charge in [-0.3, -0.25) is 0 Å². The molecule has 0 saturated heterocycles. The van der Waals surface area contributed by atoms with Gasteiger partial charge < -0.3 is 24.8 Å². The molecule has 0 spiro atoms. The van der Waals surface area contributed by atoms with E-state index in [1.807, 2.05) is 0 Å². The summed E-state index contributed by atoms with van der Waals surface area (Å²) in [6, 6.07) is 3.09. The number of fused-ring (bicyclic) bond motifs is 5. The Morgan fingerprint density at radius 3 is 2.50 bits per heavy atom. The summed E-state index contributed by atoms with van der Waals surface area (Å²) in [6.45, 7) is 4.23. The van der Waals surface area contributed by atoms with E-state index in [1.54, 1.807) is 6.07 Å². The Balaban J connectivity index is 1.53. The van der Waals surface area contributed by atoms with Crippen molar-refractivity contribution < 1.29 is 24.8 Å². The second kappa shape index (κ2) is 6.64. The smallest absolute Gasteiger partial charge is 0.335 e. The van der Waals surface area contributed by atoms with Gasteiger partial charge in [0.25, 0.3) is 0 Å². The standard InChI is InChI=1S/C24H34O6/c1-22-8-7-16-17(5-4-14-9-15(25)10-19(27)23(14,16)2)24(22,29)11-18(26)21(22)13-3-6-20(28)30-12-13/h3,6,12,14-19,21,25-27,29H,4-5,7-11H2,1-2H3/t14-,15-,16+,17-,18+,19-,21+,22-,23+,24+/m1/s1. The average molecular weight is 419 g/mol. The number of hydrogen-bond donors (Lipinski definition) is 4. The van der Waals surface area contributed by atoms with Crippen LogP contribution < -0.4 is 5.63 Å². The molecule has 1 aromatic heterocycles. The molecular weight excluding hydrogens is 384 g/mol. The van der Waals surface area contributed by atoms with Crippen LogP contribution in [0.2, 0.25) is 0 Å². The largest absolute Gasteiger partial charge is 0.431 e. The third kappa shape index (κ3) is 2.54. The maximum absolute atomic E-state index is 12.2. The fraction of sp³-hybridized carbons (Fsp3) is 0.792. The summed E-state index contributed by atoms with van der Waals surface area (Å²) < 4.78 is 5.09. The third-order valence-corrected chi connectivity index (χ3v) is 10.0. The number of aliphatic hydroxyl groups excluding tert-OH is 3. The van der Waals surface area contributed by atoms with Crippen molar-refractivity contribution >= 4 is 0 Å². The Labute approximate surface area is 176 Å². The van der Waals surface area contributed by atoms with Crippen LogP contribution in [-0.2, 0) is 0 Å². The summed E-state index contributed by atoms with van der Waals surface area (Å²) in [5.74, 6) is 0.127. The van der Waals surface area contributed by atoms with Gasteiger partial charge in [0.2, 0.25) is 0 Å². The molecule has 5 rings (SSSR count). The molecule has 0 bridgehead atoms. The van der Waals surface area contributed by atoms with Crippen LogP contribution in [0.5, 0.6) is 0 Å². The predicted molar refractivity (Wildman–Crippen MR) is 110 cm³/mol. The summed E-state index contributed by atoms with van der Waals surface area (Å²) in [4.78, 5) is 11.4. The molecule has 30 heavy (non-hydrogen) atoms. The molecule has 4 N–H and O–H groups in total. The van der Waals surface area contributed by atoms with Crippen molar-refractivity contribution in [3.63, 3.8) is 0 Å².